The normalized spacial score (nSPS) is 13.3. The molecule has 0 saturated carbocycles. The molecule has 1 amide bonds. The van der Waals surface area contributed by atoms with E-state index in [-0.39, 0.29) is 24.5 Å². The first-order chi connectivity index (χ1) is 15.1. The summed E-state index contributed by atoms with van der Waals surface area (Å²) in [5, 5.41) is 6.77. The van der Waals surface area contributed by atoms with Crippen LogP contribution in [0.3, 0.4) is 0 Å². The number of alkyl halides is 3. The second kappa shape index (κ2) is 7.98. The van der Waals surface area contributed by atoms with E-state index in [4.69, 9.17) is 0 Å². The van der Waals surface area contributed by atoms with E-state index in [1.165, 1.54) is 16.9 Å². The number of rotatable bonds is 4. The average molecular weight is 445 g/mol. The molecule has 1 N–H and O–H groups in total. The lowest BCUT2D eigenvalue weighted by Crippen LogP contribution is -2.36. The Morgan fingerprint density at radius 1 is 1.16 bits per heavy atom. The lowest BCUT2D eigenvalue weighted by molar-refractivity contribution is -0.189. The second-order valence-electron chi connectivity index (χ2n) is 7.26. The fourth-order valence-corrected chi connectivity index (χ4v) is 3.29. The first-order valence-corrected chi connectivity index (χ1v) is 9.57. The van der Waals surface area contributed by atoms with E-state index in [0.717, 1.165) is 11.3 Å². The molecule has 32 heavy (non-hydrogen) atoms. The van der Waals surface area contributed by atoms with Crippen LogP contribution in [0.25, 0.3) is 22.5 Å². The van der Waals surface area contributed by atoms with Crippen LogP contribution in [0.5, 0.6) is 5.75 Å². The Balaban J connectivity index is 1.79. The molecular weight excluding hydrogens is 427 g/mol. The van der Waals surface area contributed by atoms with Crippen molar-refractivity contribution in [3.63, 3.8) is 0 Å². The molecule has 0 radical (unpaired) electrons. The van der Waals surface area contributed by atoms with Gasteiger partial charge in [-0.25, -0.2) is 4.79 Å². The third-order valence-electron chi connectivity index (χ3n) is 4.87. The van der Waals surface area contributed by atoms with E-state index in [1.807, 2.05) is 43.3 Å². The van der Waals surface area contributed by atoms with Crippen molar-refractivity contribution in [3.05, 3.63) is 48.3 Å². The molecule has 3 heterocycles. The van der Waals surface area contributed by atoms with E-state index in [0.29, 0.717) is 11.3 Å². The van der Waals surface area contributed by atoms with Crippen molar-refractivity contribution in [2.75, 3.05) is 25.5 Å². The minimum absolute atomic E-state index is 0.0526. The molecule has 0 unspecified atom stereocenters. The highest BCUT2D eigenvalue weighted by atomic mass is 19.4. The Morgan fingerprint density at radius 2 is 1.88 bits per heavy atom. The summed E-state index contributed by atoms with van der Waals surface area (Å²) in [7, 11) is 3.82. The highest BCUT2D eigenvalue weighted by Gasteiger charge is 2.43. The average Bonchev–Trinajstić information content (AvgIpc) is 3.13. The molecule has 0 bridgehead atoms. The van der Waals surface area contributed by atoms with Gasteiger partial charge in [-0.2, -0.15) is 18.3 Å². The number of carbonyl (C=O) groups excluding carboxylic acids is 2. The van der Waals surface area contributed by atoms with Crippen LogP contribution >= 0.6 is 0 Å². The third-order valence-corrected chi connectivity index (χ3v) is 4.87. The van der Waals surface area contributed by atoms with Gasteiger partial charge in [-0.15, -0.1) is 0 Å². The van der Waals surface area contributed by atoms with E-state index in [1.54, 1.807) is 6.07 Å². The first-order valence-electron chi connectivity index (χ1n) is 9.57. The van der Waals surface area contributed by atoms with Crippen molar-refractivity contribution in [1.82, 2.24) is 20.1 Å². The number of nitrogens with one attached hydrogen (secondary N) is 1. The van der Waals surface area contributed by atoms with E-state index in [9.17, 15) is 22.8 Å². The second-order valence-corrected chi connectivity index (χ2v) is 7.26. The van der Waals surface area contributed by atoms with Crippen molar-refractivity contribution < 1.29 is 27.5 Å². The number of pyridine rings is 1. The van der Waals surface area contributed by atoms with Crippen LogP contribution in [-0.4, -0.2) is 53.5 Å². The molecule has 4 rings (SSSR count). The number of fused-ring (bicyclic) bond motifs is 1. The fraction of sp³-hybridized carbons (Fsp3) is 0.238. The number of esters is 1. The van der Waals surface area contributed by atoms with Gasteiger partial charge in [0, 0.05) is 43.7 Å². The van der Waals surface area contributed by atoms with Gasteiger partial charge < -0.3 is 15.0 Å². The summed E-state index contributed by atoms with van der Waals surface area (Å²) >= 11 is 0. The first kappa shape index (κ1) is 21.3. The SMILES string of the molecule is CN(C)c1ccc(-c2cc(-c3nn4c(c3OC(=O)C(F)(F)F)C(=O)NCC4)ccn2)cc1. The summed E-state index contributed by atoms with van der Waals surface area (Å²) in [5.41, 5.74) is 2.36. The van der Waals surface area contributed by atoms with Gasteiger partial charge in [-0.1, -0.05) is 12.1 Å². The predicted molar refractivity (Wildman–Crippen MR) is 109 cm³/mol. The molecule has 0 fully saturated rings. The van der Waals surface area contributed by atoms with Crippen molar-refractivity contribution in [2.24, 2.45) is 0 Å². The zero-order valence-electron chi connectivity index (χ0n) is 17.1. The third kappa shape index (κ3) is 4.01. The smallest absolute Gasteiger partial charge is 0.415 e. The van der Waals surface area contributed by atoms with Gasteiger partial charge in [0.1, 0.15) is 5.69 Å². The maximum atomic E-state index is 12.9. The van der Waals surface area contributed by atoms with Crippen LogP contribution in [0.15, 0.2) is 42.6 Å². The monoisotopic (exact) mass is 445 g/mol. The molecule has 166 valence electrons. The predicted octanol–water partition coefficient (Wildman–Crippen LogP) is 2.89. The summed E-state index contributed by atoms with van der Waals surface area (Å²) in [6.07, 6.45) is -3.76. The molecule has 1 aromatic carbocycles. The van der Waals surface area contributed by atoms with Gasteiger partial charge in [0.15, 0.2) is 11.4 Å². The topological polar surface area (TPSA) is 89.4 Å². The number of nitrogens with zero attached hydrogens (tertiary/aromatic N) is 4. The standard InChI is InChI=1S/C21H18F3N5O3/c1-28(2)14-5-3-12(4-6-14)15-11-13(7-8-25-15)16-18(32-20(31)21(22,23)24)17-19(30)26-9-10-29(17)27-16/h3-8,11H,9-10H2,1-2H3,(H,26,30). The molecule has 11 heteroatoms. The highest BCUT2D eigenvalue weighted by Crippen LogP contribution is 2.36. The van der Waals surface area contributed by atoms with Crippen LogP contribution in [0.4, 0.5) is 18.9 Å². The Hall–Kier alpha value is -3.89. The molecular formula is C21H18F3N5O3. The minimum Gasteiger partial charge on any atom is -0.415 e. The number of anilines is 1. The molecule has 1 aliphatic heterocycles. The number of carbonyl (C=O) groups is 2. The summed E-state index contributed by atoms with van der Waals surface area (Å²) in [6, 6.07) is 10.7. The van der Waals surface area contributed by atoms with E-state index in [2.05, 4.69) is 20.1 Å². The van der Waals surface area contributed by atoms with Crippen LogP contribution in [0.1, 0.15) is 10.5 Å². The maximum Gasteiger partial charge on any atom is 0.491 e. The van der Waals surface area contributed by atoms with Gasteiger partial charge >= 0.3 is 12.1 Å². The molecule has 8 nitrogen and oxygen atoms in total. The molecule has 3 aromatic rings. The molecule has 2 aromatic heterocycles. The fourth-order valence-electron chi connectivity index (χ4n) is 3.29. The minimum atomic E-state index is -5.23. The Kier molecular flexibility index (Phi) is 5.33. The Labute approximate surface area is 180 Å². The van der Waals surface area contributed by atoms with Crippen LogP contribution in [0.2, 0.25) is 0 Å². The van der Waals surface area contributed by atoms with Gasteiger partial charge in [-0.05, 0) is 24.3 Å². The summed E-state index contributed by atoms with van der Waals surface area (Å²) in [5.74, 6) is -3.64. The zero-order chi connectivity index (χ0) is 23.0. The number of hydrogen-bond donors (Lipinski definition) is 1. The molecule has 0 saturated heterocycles. The number of hydrogen-bond acceptors (Lipinski definition) is 6. The van der Waals surface area contributed by atoms with Crippen molar-refractivity contribution in [1.29, 1.82) is 0 Å². The van der Waals surface area contributed by atoms with Crippen LogP contribution in [-0.2, 0) is 11.3 Å². The lowest BCUT2D eigenvalue weighted by atomic mass is 10.1. The van der Waals surface area contributed by atoms with E-state index < -0.39 is 23.8 Å². The summed E-state index contributed by atoms with van der Waals surface area (Å²) in [4.78, 5) is 30.1. The molecule has 1 aliphatic rings. The molecule has 0 spiro atoms. The number of aromatic nitrogens is 3. The highest BCUT2D eigenvalue weighted by molar-refractivity contribution is 5.99. The quantitative estimate of drug-likeness (QED) is 0.622. The largest absolute Gasteiger partial charge is 0.491 e. The van der Waals surface area contributed by atoms with Gasteiger partial charge in [0.05, 0.1) is 12.2 Å². The van der Waals surface area contributed by atoms with Crippen molar-refractivity contribution in [2.45, 2.75) is 12.7 Å². The van der Waals surface area contributed by atoms with Gasteiger partial charge in [0.2, 0.25) is 0 Å². The van der Waals surface area contributed by atoms with Crippen LogP contribution in [0, 0.1) is 0 Å². The number of benzene rings is 1. The van der Waals surface area contributed by atoms with Crippen molar-refractivity contribution in [3.8, 4) is 28.3 Å². The Bertz CT molecular complexity index is 1190. The van der Waals surface area contributed by atoms with Gasteiger partial charge in [-0.3, -0.25) is 14.5 Å². The van der Waals surface area contributed by atoms with Crippen LogP contribution < -0.4 is 15.0 Å². The van der Waals surface area contributed by atoms with Crippen molar-refractivity contribution >= 4 is 17.6 Å². The lowest BCUT2D eigenvalue weighted by Gasteiger charge is -2.15. The number of ether oxygens (including phenoxy) is 1. The number of amides is 1. The molecule has 0 aliphatic carbocycles. The molecule has 0 atom stereocenters. The maximum absolute atomic E-state index is 12.9. The van der Waals surface area contributed by atoms with E-state index >= 15 is 0 Å². The summed E-state index contributed by atoms with van der Waals surface area (Å²) < 4.78 is 44.5. The summed E-state index contributed by atoms with van der Waals surface area (Å²) in [6.45, 7) is 0.473. The number of halogens is 3. The zero-order valence-corrected chi connectivity index (χ0v) is 17.1. The Morgan fingerprint density at radius 3 is 2.53 bits per heavy atom. The van der Waals surface area contributed by atoms with Gasteiger partial charge in [0.25, 0.3) is 5.91 Å².